The van der Waals surface area contributed by atoms with E-state index in [-0.39, 0.29) is 69.3 Å². The predicted octanol–water partition coefficient (Wildman–Crippen LogP) is 6.15. The van der Waals surface area contributed by atoms with Crippen LogP contribution in [-0.4, -0.2) is 98.1 Å². The first-order valence-corrected chi connectivity index (χ1v) is 18.3. The van der Waals surface area contributed by atoms with Crippen molar-refractivity contribution in [2.45, 2.75) is 55.9 Å². The molecule has 14 heteroatoms. The third-order valence-electron chi connectivity index (χ3n) is 11.7. The lowest BCUT2D eigenvalue weighted by Crippen LogP contribution is -2.57. The second kappa shape index (κ2) is 13.2. The Morgan fingerprint density at radius 2 is 1.82 bits per heavy atom. The number of rotatable bonds is 7. The molecule has 4 aliphatic heterocycles. The fraction of sp³-hybridized carbons (Fsp3) is 0.341. The molecule has 280 valence electrons. The first-order chi connectivity index (χ1) is 26.5. The van der Waals surface area contributed by atoms with Gasteiger partial charge in [0.2, 0.25) is 0 Å². The number of hydrogen-bond donors (Lipinski definition) is 2. The summed E-state index contributed by atoms with van der Waals surface area (Å²) in [5.74, 6) is -0.0249. The van der Waals surface area contributed by atoms with E-state index in [2.05, 4.69) is 20.8 Å². The molecule has 9 rings (SSSR count). The van der Waals surface area contributed by atoms with Crippen LogP contribution >= 0.6 is 0 Å². The van der Waals surface area contributed by atoms with Crippen molar-refractivity contribution in [1.29, 1.82) is 5.41 Å². The van der Waals surface area contributed by atoms with E-state index in [1.54, 1.807) is 4.90 Å². The van der Waals surface area contributed by atoms with E-state index in [0.29, 0.717) is 55.7 Å². The molecule has 4 unspecified atom stereocenters. The van der Waals surface area contributed by atoms with Gasteiger partial charge in [0.05, 0.1) is 28.6 Å². The molecule has 3 aromatic carbocycles. The maximum absolute atomic E-state index is 17.1. The Kier molecular flexibility index (Phi) is 8.38. The van der Waals surface area contributed by atoms with Crippen LogP contribution in [0.1, 0.15) is 43.2 Å². The maximum Gasteiger partial charge on any atom is 0.319 e. The summed E-state index contributed by atoms with van der Waals surface area (Å²) in [6, 6.07) is 9.81. The molecule has 1 amide bonds. The monoisotopic (exact) mass is 749 g/mol. The number of anilines is 1. The predicted molar refractivity (Wildman–Crippen MR) is 197 cm³/mol. The highest BCUT2D eigenvalue weighted by Crippen LogP contribution is 2.42. The van der Waals surface area contributed by atoms with Crippen molar-refractivity contribution >= 4 is 39.1 Å². The molecule has 5 aromatic rings. The van der Waals surface area contributed by atoms with Crippen molar-refractivity contribution < 1.29 is 32.2 Å². The zero-order valence-electron chi connectivity index (χ0n) is 29.5. The number of phenols is 1. The van der Waals surface area contributed by atoms with Gasteiger partial charge in [-0.05, 0) is 80.1 Å². The number of piperazine rings is 1. The SMILES string of the molecule is C#Cc1c(F)ccc2cc(O)cc(-c3ncc4c(N5CC6CCC(C5)N6C(=O)C(=N)c5ccc(F)cc5)nc(OCC56CCCN5CC(F)C6)nc4c3F)c12. The van der Waals surface area contributed by atoms with Crippen LogP contribution in [0.5, 0.6) is 11.8 Å². The fourth-order valence-electron chi connectivity index (χ4n) is 9.19. The number of carbonyl (C=O) groups is 1. The lowest BCUT2D eigenvalue weighted by molar-refractivity contribution is -0.127. The molecule has 4 saturated heterocycles. The standard InChI is InChI=1S/C41H35F4N7O3/c1-2-29-32(44)11-6-23-14-28(53)15-30(33(23)29)36-34(45)37-31(17-47-36)38(49-40(48-37)55-21-41-12-3-13-51(41)18-25(43)16-41)50-19-26-9-10-27(20-50)52(26)39(54)35(46)22-4-7-24(42)8-5-22/h1,4-8,11,14-15,17,25-27,46,53H,3,9-10,12-13,16,18-21H2. The number of alkyl halides is 1. The number of ether oxygens (including phenoxy) is 1. The number of pyridine rings is 1. The summed E-state index contributed by atoms with van der Waals surface area (Å²) in [4.78, 5) is 33.2. The number of phenolic OH excluding ortho intramolecular Hbond substituents is 1. The Morgan fingerprint density at radius 1 is 1.05 bits per heavy atom. The third kappa shape index (κ3) is 5.80. The average molecular weight is 750 g/mol. The van der Waals surface area contributed by atoms with Crippen molar-refractivity contribution in [3.8, 4) is 35.4 Å². The van der Waals surface area contributed by atoms with Crippen molar-refractivity contribution in [3.05, 3.63) is 83.3 Å². The molecular formula is C41H35F4N7O3. The minimum Gasteiger partial charge on any atom is -0.508 e. The van der Waals surface area contributed by atoms with Crippen molar-refractivity contribution in [2.75, 3.05) is 37.7 Å². The molecule has 2 N–H and O–H groups in total. The smallest absolute Gasteiger partial charge is 0.319 e. The minimum atomic E-state index is -0.989. The van der Waals surface area contributed by atoms with Gasteiger partial charge in [-0.25, -0.2) is 17.6 Å². The Hall–Kier alpha value is -5.81. The molecule has 4 aliphatic rings. The molecule has 0 aliphatic carbocycles. The number of amides is 1. The van der Waals surface area contributed by atoms with Gasteiger partial charge in [-0.15, -0.1) is 6.42 Å². The molecule has 2 bridgehead atoms. The summed E-state index contributed by atoms with van der Waals surface area (Å²) in [6.45, 7) is 1.77. The summed E-state index contributed by atoms with van der Waals surface area (Å²) < 4.78 is 66.5. The van der Waals surface area contributed by atoms with Gasteiger partial charge in [-0.3, -0.25) is 20.1 Å². The number of terminal acetylenes is 1. The Morgan fingerprint density at radius 3 is 2.56 bits per heavy atom. The van der Waals surface area contributed by atoms with Crippen LogP contribution in [0.3, 0.4) is 0 Å². The molecular weight excluding hydrogens is 714 g/mol. The highest BCUT2D eigenvalue weighted by Gasteiger charge is 2.50. The van der Waals surface area contributed by atoms with Crippen molar-refractivity contribution in [2.24, 2.45) is 0 Å². The van der Waals surface area contributed by atoms with E-state index in [0.717, 1.165) is 19.4 Å². The van der Waals surface area contributed by atoms with E-state index in [1.807, 2.05) is 4.90 Å². The number of carbonyl (C=O) groups excluding carboxylic acids is 1. The first kappa shape index (κ1) is 34.9. The second-order valence-corrected chi connectivity index (χ2v) is 14.9. The summed E-state index contributed by atoms with van der Waals surface area (Å²) >= 11 is 0. The molecule has 55 heavy (non-hydrogen) atoms. The van der Waals surface area contributed by atoms with Crippen LogP contribution in [0.2, 0.25) is 0 Å². The van der Waals surface area contributed by atoms with Gasteiger partial charge in [0.25, 0.3) is 5.91 Å². The van der Waals surface area contributed by atoms with Gasteiger partial charge in [-0.1, -0.05) is 12.0 Å². The average Bonchev–Trinajstić information content (AvgIpc) is 3.79. The lowest BCUT2D eigenvalue weighted by atomic mass is 9.95. The van der Waals surface area contributed by atoms with Crippen LogP contribution in [0.4, 0.5) is 23.4 Å². The Balaban J connectivity index is 1.12. The topological polar surface area (TPSA) is 119 Å². The normalized spacial score (nSPS) is 23.4. The van der Waals surface area contributed by atoms with E-state index in [4.69, 9.17) is 21.6 Å². The number of nitrogens with one attached hydrogen (secondary N) is 1. The van der Waals surface area contributed by atoms with E-state index in [9.17, 15) is 23.1 Å². The first-order valence-electron chi connectivity index (χ1n) is 18.3. The molecule has 0 spiro atoms. The Bertz CT molecular complexity index is 2440. The maximum atomic E-state index is 17.1. The molecule has 10 nitrogen and oxygen atoms in total. The van der Waals surface area contributed by atoms with E-state index < -0.39 is 35.1 Å². The van der Waals surface area contributed by atoms with E-state index in [1.165, 1.54) is 54.7 Å². The molecule has 2 aromatic heterocycles. The van der Waals surface area contributed by atoms with Crippen molar-refractivity contribution in [3.63, 3.8) is 0 Å². The van der Waals surface area contributed by atoms with Crippen molar-refractivity contribution in [1.82, 2.24) is 24.8 Å². The molecule has 6 heterocycles. The van der Waals surface area contributed by atoms with E-state index >= 15 is 4.39 Å². The number of nitrogens with zero attached hydrogens (tertiary/aromatic N) is 6. The quantitative estimate of drug-likeness (QED) is 0.116. The van der Waals surface area contributed by atoms with Crippen LogP contribution in [-0.2, 0) is 4.79 Å². The van der Waals surface area contributed by atoms with Crippen LogP contribution in [0, 0.1) is 35.2 Å². The number of benzene rings is 3. The largest absolute Gasteiger partial charge is 0.508 e. The lowest BCUT2D eigenvalue weighted by Gasteiger charge is -2.42. The van der Waals surface area contributed by atoms with Gasteiger partial charge in [0, 0.05) is 48.8 Å². The second-order valence-electron chi connectivity index (χ2n) is 14.9. The Labute approximate surface area is 313 Å². The van der Waals surface area contributed by atoms with Crippen LogP contribution in [0.15, 0.2) is 54.7 Å². The third-order valence-corrected chi connectivity index (χ3v) is 11.7. The summed E-state index contributed by atoms with van der Waals surface area (Å²) in [5.41, 5.74) is -0.860. The number of fused-ring (bicyclic) bond motifs is 5. The zero-order valence-corrected chi connectivity index (χ0v) is 29.5. The molecule has 4 atom stereocenters. The summed E-state index contributed by atoms with van der Waals surface area (Å²) in [7, 11) is 0. The number of aromatic hydroxyl groups is 1. The molecule has 0 saturated carbocycles. The number of aromatic nitrogens is 3. The highest BCUT2D eigenvalue weighted by atomic mass is 19.1. The summed E-state index contributed by atoms with van der Waals surface area (Å²) in [6.07, 6.45) is 9.40. The van der Waals surface area contributed by atoms with Gasteiger partial charge in [-0.2, -0.15) is 9.97 Å². The molecule has 4 fully saturated rings. The fourth-order valence-corrected chi connectivity index (χ4v) is 9.19. The van der Waals surface area contributed by atoms with Crippen LogP contribution < -0.4 is 9.64 Å². The molecule has 0 radical (unpaired) electrons. The number of hydrogen-bond acceptors (Lipinski definition) is 9. The van der Waals surface area contributed by atoms with Crippen LogP contribution in [0.25, 0.3) is 32.9 Å². The summed E-state index contributed by atoms with van der Waals surface area (Å²) in [5, 5.41) is 20.1. The van der Waals surface area contributed by atoms with Gasteiger partial charge in [0.15, 0.2) is 5.82 Å². The van der Waals surface area contributed by atoms with Gasteiger partial charge < -0.3 is 19.6 Å². The zero-order chi connectivity index (χ0) is 38.2. The highest BCUT2D eigenvalue weighted by molar-refractivity contribution is 6.44. The number of halogens is 4. The van der Waals surface area contributed by atoms with Gasteiger partial charge >= 0.3 is 6.01 Å². The van der Waals surface area contributed by atoms with Gasteiger partial charge in [0.1, 0.15) is 52.9 Å². The minimum absolute atomic E-state index is 0.0682.